The van der Waals surface area contributed by atoms with E-state index >= 15 is 0 Å². The van der Waals surface area contributed by atoms with Gasteiger partial charge in [-0.1, -0.05) is 0 Å². The number of phenolic OH excluding ortho intramolecular Hbond substituents is 1. The number of aromatic hydroxyl groups is 1. The number of carbonyl (C=O) groups excluding carboxylic acids is 1. The number of amidine groups is 1. The van der Waals surface area contributed by atoms with Crippen LogP contribution in [0.15, 0.2) is 42.7 Å². The molecule has 1 amide bonds. The monoisotopic (exact) mass is 439 g/mol. The highest BCUT2D eigenvalue weighted by molar-refractivity contribution is 5.96. The maximum atomic E-state index is 12.5. The van der Waals surface area contributed by atoms with E-state index < -0.39 is 0 Å². The number of aromatic nitrogens is 2. The van der Waals surface area contributed by atoms with Gasteiger partial charge in [-0.2, -0.15) is 0 Å². The minimum Gasteiger partial charge on any atom is -0.508 e. The number of aryl methyl sites for hydroxylation is 2. The molecular weight excluding hydrogens is 414 g/mol. The lowest BCUT2D eigenvalue weighted by molar-refractivity contribution is -0.115. The number of halogens is 1. The van der Waals surface area contributed by atoms with E-state index in [9.17, 15) is 9.90 Å². The molecule has 31 heavy (non-hydrogen) atoms. The van der Waals surface area contributed by atoms with Crippen LogP contribution >= 0.6 is 12.4 Å². The molecule has 0 unspecified atom stereocenters. The summed E-state index contributed by atoms with van der Waals surface area (Å²) in [6.45, 7) is 2.02. The molecule has 0 saturated heterocycles. The van der Waals surface area contributed by atoms with Crippen LogP contribution in [0.5, 0.6) is 5.75 Å². The molecule has 1 heterocycles. The van der Waals surface area contributed by atoms with Crippen LogP contribution in [0.3, 0.4) is 0 Å². The Balaban J connectivity index is 0.00000272. The van der Waals surface area contributed by atoms with Gasteiger partial charge < -0.3 is 20.7 Å². The van der Waals surface area contributed by atoms with Crippen LogP contribution < -0.4 is 11.1 Å². The second kappa shape index (κ2) is 9.22. The number of nitrogens with one attached hydrogen (secondary N) is 2. The van der Waals surface area contributed by atoms with Crippen molar-refractivity contribution in [3.05, 3.63) is 70.8 Å². The van der Waals surface area contributed by atoms with E-state index in [4.69, 9.17) is 11.1 Å². The lowest BCUT2D eigenvalue weighted by Crippen LogP contribution is -2.16. The molecule has 0 bridgehead atoms. The highest BCUT2D eigenvalue weighted by Gasteiger charge is 2.17. The Kier molecular flexibility index (Phi) is 6.65. The highest BCUT2D eigenvalue weighted by Crippen LogP contribution is 2.26. The zero-order valence-electron chi connectivity index (χ0n) is 17.3. The number of hydrogen-bond acceptors (Lipinski definition) is 4. The fraction of sp³-hybridized carbons (Fsp3) is 0.261. The maximum absolute atomic E-state index is 12.5. The van der Waals surface area contributed by atoms with Crippen LogP contribution in [0, 0.1) is 12.3 Å². The number of hydrogen-bond donors (Lipinski definition) is 4. The number of anilines is 1. The summed E-state index contributed by atoms with van der Waals surface area (Å²) in [6.07, 6.45) is 6.33. The van der Waals surface area contributed by atoms with E-state index in [1.807, 2.05) is 31.5 Å². The molecule has 7 nitrogen and oxygen atoms in total. The standard InChI is InChI=1S/C23H25N5O2.ClH/c1-14-10-17(7-8-19(14)28-13-26-18-4-2-3-5-20(18)28)27-22(30)12-16-11-15(23(24)25)6-9-21(16)29;/h6-11,13,29H,2-5,12H2,1H3,(H3,24,25)(H,27,30);1H. The number of nitrogens with zero attached hydrogens (tertiary/aromatic N) is 2. The van der Waals surface area contributed by atoms with Crippen molar-refractivity contribution in [1.82, 2.24) is 9.55 Å². The topological polar surface area (TPSA) is 117 Å². The van der Waals surface area contributed by atoms with Crippen molar-refractivity contribution in [2.24, 2.45) is 5.73 Å². The van der Waals surface area contributed by atoms with Gasteiger partial charge in [0.25, 0.3) is 0 Å². The van der Waals surface area contributed by atoms with Gasteiger partial charge in [-0.05, 0) is 74.6 Å². The number of amides is 1. The lowest BCUT2D eigenvalue weighted by Gasteiger charge is -2.16. The van der Waals surface area contributed by atoms with Crippen LogP contribution in [-0.2, 0) is 24.1 Å². The number of benzene rings is 2. The van der Waals surface area contributed by atoms with Crippen LogP contribution in [-0.4, -0.2) is 26.4 Å². The Morgan fingerprint density at radius 2 is 2.00 bits per heavy atom. The molecule has 1 aliphatic carbocycles. The molecule has 0 atom stereocenters. The third kappa shape index (κ3) is 4.72. The number of phenols is 1. The number of carbonyl (C=O) groups is 1. The van der Waals surface area contributed by atoms with Crippen molar-refractivity contribution < 1.29 is 9.90 Å². The Labute approximate surface area is 187 Å². The van der Waals surface area contributed by atoms with E-state index in [2.05, 4.69) is 14.9 Å². The number of rotatable bonds is 5. The molecule has 5 N–H and O–H groups in total. The quantitative estimate of drug-likeness (QED) is 0.358. The summed E-state index contributed by atoms with van der Waals surface area (Å²) in [6, 6.07) is 10.4. The van der Waals surface area contributed by atoms with E-state index in [1.54, 1.807) is 12.1 Å². The van der Waals surface area contributed by atoms with E-state index in [1.165, 1.54) is 30.3 Å². The predicted molar refractivity (Wildman–Crippen MR) is 124 cm³/mol. The van der Waals surface area contributed by atoms with Crippen LogP contribution in [0.1, 0.15) is 40.9 Å². The second-order valence-electron chi connectivity index (χ2n) is 7.70. The van der Waals surface area contributed by atoms with E-state index in [0.717, 1.165) is 24.1 Å². The van der Waals surface area contributed by atoms with Gasteiger partial charge in [-0.15, -0.1) is 12.4 Å². The molecular formula is C23H26ClN5O2. The van der Waals surface area contributed by atoms with Crippen molar-refractivity contribution in [2.45, 2.75) is 39.0 Å². The average Bonchev–Trinajstić information content (AvgIpc) is 3.13. The first kappa shape index (κ1) is 22.4. The fourth-order valence-corrected chi connectivity index (χ4v) is 3.95. The molecule has 4 rings (SSSR count). The Bertz CT molecular complexity index is 1140. The molecule has 0 radical (unpaired) electrons. The Morgan fingerprint density at radius 1 is 1.23 bits per heavy atom. The summed E-state index contributed by atoms with van der Waals surface area (Å²) < 4.78 is 2.15. The van der Waals surface area contributed by atoms with Gasteiger partial charge in [0.15, 0.2) is 0 Å². The third-order valence-corrected chi connectivity index (χ3v) is 5.51. The van der Waals surface area contributed by atoms with Gasteiger partial charge in [0.2, 0.25) is 5.91 Å². The molecule has 1 aliphatic rings. The van der Waals surface area contributed by atoms with Crippen molar-refractivity contribution in [3.8, 4) is 11.4 Å². The third-order valence-electron chi connectivity index (χ3n) is 5.51. The molecule has 2 aromatic carbocycles. The number of nitrogen functional groups attached to an aromatic ring is 1. The molecule has 0 saturated carbocycles. The lowest BCUT2D eigenvalue weighted by atomic mass is 10.0. The summed E-state index contributed by atoms with van der Waals surface area (Å²) in [5, 5.41) is 20.4. The second-order valence-corrected chi connectivity index (χ2v) is 7.70. The van der Waals surface area contributed by atoms with Crippen LogP contribution in [0.25, 0.3) is 5.69 Å². The summed E-state index contributed by atoms with van der Waals surface area (Å²) in [5.41, 5.74) is 11.7. The van der Waals surface area contributed by atoms with E-state index in [-0.39, 0.29) is 36.3 Å². The van der Waals surface area contributed by atoms with Crippen molar-refractivity contribution in [3.63, 3.8) is 0 Å². The van der Waals surface area contributed by atoms with Gasteiger partial charge in [-0.25, -0.2) is 4.98 Å². The van der Waals surface area contributed by atoms with Gasteiger partial charge in [0.1, 0.15) is 11.6 Å². The summed E-state index contributed by atoms with van der Waals surface area (Å²) in [5.74, 6) is -0.353. The smallest absolute Gasteiger partial charge is 0.228 e. The number of fused-ring (bicyclic) bond motifs is 1. The number of imidazole rings is 1. The zero-order chi connectivity index (χ0) is 21.3. The zero-order valence-corrected chi connectivity index (χ0v) is 18.1. The van der Waals surface area contributed by atoms with Gasteiger partial charge in [0.05, 0.1) is 18.4 Å². The van der Waals surface area contributed by atoms with Crippen LogP contribution in [0.2, 0.25) is 0 Å². The molecule has 162 valence electrons. The van der Waals surface area contributed by atoms with Gasteiger partial charge in [0, 0.05) is 28.2 Å². The maximum Gasteiger partial charge on any atom is 0.228 e. The van der Waals surface area contributed by atoms with Crippen molar-refractivity contribution in [2.75, 3.05) is 5.32 Å². The molecule has 0 aliphatic heterocycles. The molecule has 0 spiro atoms. The van der Waals surface area contributed by atoms with Crippen LogP contribution in [0.4, 0.5) is 5.69 Å². The van der Waals surface area contributed by atoms with Crippen molar-refractivity contribution >= 4 is 29.8 Å². The highest BCUT2D eigenvalue weighted by atomic mass is 35.5. The SMILES string of the molecule is Cc1cc(NC(=O)Cc2cc(C(=N)N)ccc2O)ccc1-n1cnc2c1CCCC2.Cl. The largest absolute Gasteiger partial charge is 0.508 e. The van der Waals surface area contributed by atoms with Crippen molar-refractivity contribution in [1.29, 1.82) is 5.41 Å². The average molecular weight is 440 g/mol. The number of nitrogens with two attached hydrogens (primary N) is 1. The predicted octanol–water partition coefficient (Wildman–Crippen LogP) is 3.65. The molecule has 3 aromatic rings. The molecule has 8 heteroatoms. The van der Waals surface area contributed by atoms with E-state index in [0.29, 0.717) is 16.8 Å². The normalized spacial score (nSPS) is 12.5. The first-order valence-corrected chi connectivity index (χ1v) is 10.0. The minimum absolute atomic E-state index is 0. The first-order chi connectivity index (χ1) is 14.4. The summed E-state index contributed by atoms with van der Waals surface area (Å²) >= 11 is 0. The molecule has 0 fully saturated rings. The summed E-state index contributed by atoms with van der Waals surface area (Å²) in [7, 11) is 0. The first-order valence-electron chi connectivity index (χ1n) is 10.0. The Morgan fingerprint density at radius 3 is 2.74 bits per heavy atom. The van der Waals surface area contributed by atoms with Gasteiger partial charge >= 0.3 is 0 Å². The molecule has 1 aromatic heterocycles. The minimum atomic E-state index is -0.252. The fourth-order valence-electron chi connectivity index (χ4n) is 3.95. The Hall–Kier alpha value is -3.32. The summed E-state index contributed by atoms with van der Waals surface area (Å²) in [4.78, 5) is 17.1. The van der Waals surface area contributed by atoms with Gasteiger partial charge in [-0.3, -0.25) is 10.2 Å².